The number of hydrogen-bond acceptors (Lipinski definition) is 2. The molecule has 0 N–H and O–H groups in total. The fourth-order valence-corrected chi connectivity index (χ4v) is 1.58. The number of hydrogen-bond donors (Lipinski definition) is 0. The Kier molecular flexibility index (Phi) is 4.21. The van der Waals surface area contributed by atoms with Gasteiger partial charge in [-0.25, -0.2) is 0 Å². The lowest BCUT2D eigenvalue weighted by Gasteiger charge is -2.02. The molecule has 0 saturated carbocycles. The summed E-state index contributed by atoms with van der Waals surface area (Å²) in [5, 5.41) is 0. The molecule has 0 aliphatic heterocycles. The first-order chi connectivity index (χ1) is 7.00. The summed E-state index contributed by atoms with van der Waals surface area (Å²) in [5.41, 5.74) is 1.76. The van der Waals surface area contributed by atoms with Gasteiger partial charge in [-0.3, -0.25) is 4.79 Å². The van der Waals surface area contributed by atoms with Gasteiger partial charge in [0.25, 0.3) is 0 Å². The van der Waals surface area contributed by atoms with Gasteiger partial charge in [0.05, 0.1) is 0 Å². The van der Waals surface area contributed by atoms with Crippen LogP contribution in [-0.4, -0.2) is 11.6 Å². The molecule has 0 aromatic heterocycles. The summed E-state index contributed by atoms with van der Waals surface area (Å²) in [4.78, 5) is 22.4. The lowest BCUT2D eigenvalue weighted by atomic mass is 10.0. The molecular formula is C12H13BrO2. The van der Waals surface area contributed by atoms with Gasteiger partial charge >= 0.3 is 0 Å². The Bertz CT molecular complexity index is 397. The maximum atomic E-state index is 11.6. The summed E-state index contributed by atoms with van der Waals surface area (Å²) in [6.45, 7) is 3.46. The van der Waals surface area contributed by atoms with Crippen molar-refractivity contribution in [1.82, 2.24) is 0 Å². The van der Waals surface area contributed by atoms with Crippen molar-refractivity contribution in [3.8, 4) is 0 Å². The molecule has 2 nitrogen and oxygen atoms in total. The van der Waals surface area contributed by atoms with Gasteiger partial charge in [-0.1, -0.05) is 28.1 Å². The van der Waals surface area contributed by atoms with Crippen molar-refractivity contribution in [2.45, 2.75) is 26.7 Å². The monoisotopic (exact) mass is 268 g/mol. The van der Waals surface area contributed by atoms with Crippen LogP contribution < -0.4 is 0 Å². The van der Waals surface area contributed by atoms with Gasteiger partial charge in [-0.05, 0) is 25.5 Å². The van der Waals surface area contributed by atoms with Crippen LogP contribution in [-0.2, 0) is 4.79 Å². The van der Waals surface area contributed by atoms with Crippen LogP contribution in [0.5, 0.6) is 0 Å². The molecule has 0 saturated heterocycles. The number of benzene rings is 1. The van der Waals surface area contributed by atoms with Gasteiger partial charge in [-0.2, -0.15) is 0 Å². The number of halogens is 1. The zero-order valence-electron chi connectivity index (χ0n) is 8.84. The first-order valence-corrected chi connectivity index (χ1v) is 5.59. The Morgan fingerprint density at radius 1 is 1.27 bits per heavy atom. The van der Waals surface area contributed by atoms with Gasteiger partial charge < -0.3 is 4.79 Å². The maximum absolute atomic E-state index is 11.6. The smallest absolute Gasteiger partial charge is 0.163 e. The van der Waals surface area contributed by atoms with E-state index in [1.54, 1.807) is 12.1 Å². The second kappa shape index (κ2) is 5.21. The van der Waals surface area contributed by atoms with Crippen LogP contribution in [0.4, 0.5) is 0 Å². The van der Waals surface area contributed by atoms with E-state index in [9.17, 15) is 9.59 Å². The summed E-state index contributed by atoms with van der Waals surface area (Å²) in [5.74, 6) is 0.0698. The third-order valence-electron chi connectivity index (χ3n) is 2.20. The van der Waals surface area contributed by atoms with E-state index < -0.39 is 0 Å². The molecule has 15 heavy (non-hydrogen) atoms. The van der Waals surface area contributed by atoms with Crippen molar-refractivity contribution in [2.75, 3.05) is 0 Å². The molecular weight excluding hydrogens is 256 g/mol. The van der Waals surface area contributed by atoms with Gasteiger partial charge in [0.15, 0.2) is 5.78 Å². The van der Waals surface area contributed by atoms with Crippen molar-refractivity contribution in [1.29, 1.82) is 0 Å². The summed E-state index contributed by atoms with van der Waals surface area (Å²) < 4.78 is 0.927. The molecule has 0 bridgehead atoms. The normalized spacial score (nSPS) is 10.1. The van der Waals surface area contributed by atoms with Crippen LogP contribution in [0, 0.1) is 6.92 Å². The van der Waals surface area contributed by atoms with Crippen LogP contribution in [0.2, 0.25) is 0 Å². The minimum atomic E-state index is 0.0194. The molecule has 1 aromatic rings. The molecule has 3 heteroatoms. The molecule has 0 radical (unpaired) electrons. The Hall–Kier alpha value is -0.960. The zero-order valence-corrected chi connectivity index (χ0v) is 10.4. The number of carbonyl (C=O) groups is 2. The summed E-state index contributed by atoms with van der Waals surface area (Å²) >= 11 is 3.38. The minimum absolute atomic E-state index is 0.0194. The molecule has 0 aliphatic carbocycles. The molecule has 0 amide bonds. The first kappa shape index (κ1) is 12.1. The Morgan fingerprint density at radius 2 is 1.93 bits per heavy atom. The second-order valence-electron chi connectivity index (χ2n) is 3.59. The molecule has 0 unspecified atom stereocenters. The van der Waals surface area contributed by atoms with Crippen LogP contribution in [0.3, 0.4) is 0 Å². The number of rotatable bonds is 4. The van der Waals surface area contributed by atoms with E-state index in [1.165, 1.54) is 6.92 Å². The Morgan fingerprint density at radius 3 is 2.47 bits per heavy atom. The summed E-state index contributed by atoms with van der Waals surface area (Å²) in [6.07, 6.45) is 0.620. The lowest BCUT2D eigenvalue weighted by molar-refractivity contribution is -0.116. The average Bonchev–Trinajstić information content (AvgIpc) is 2.18. The predicted molar refractivity (Wildman–Crippen MR) is 63.1 cm³/mol. The van der Waals surface area contributed by atoms with Crippen molar-refractivity contribution >= 4 is 27.5 Å². The summed E-state index contributed by atoms with van der Waals surface area (Å²) in [6, 6.07) is 5.49. The number of aryl methyl sites for hydroxylation is 1. The molecule has 0 fully saturated rings. The standard InChI is InChI=1S/C12H13BrO2/c1-8-3-5-10(7-11(8)13)12(15)6-4-9(2)14/h3,5,7H,4,6H2,1-2H3. The van der Waals surface area contributed by atoms with Gasteiger partial charge in [0.1, 0.15) is 5.78 Å². The number of ketones is 2. The predicted octanol–water partition coefficient (Wildman–Crippen LogP) is 3.31. The highest BCUT2D eigenvalue weighted by Gasteiger charge is 2.08. The van der Waals surface area contributed by atoms with Crippen molar-refractivity contribution in [3.05, 3.63) is 33.8 Å². The van der Waals surface area contributed by atoms with E-state index in [0.717, 1.165) is 10.0 Å². The van der Waals surface area contributed by atoms with E-state index in [-0.39, 0.29) is 11.6 Å². The Labute approximate surface area is 97.8 Å². The largest absolute Gasteiger partial charge is 0.300 e. The van der Waals surface area contributed by atoms with Gasteiger partial charge in [-0.15, -0.1) is 0 Å². The highest BCUT2D eigenvalue weighted by Crippen LogP contribution is 2.18. The third-order valence-corrected chi connectivity index (χ3v) is 3.05. The zero-order chi connectivity index (χ0) is 11.4. The van der Waals surface area contributed by atoms with Crippen molar-refractivity contribution in [3.63, 3.8) is 0 Å². The van der Waals surface area contributed by atoms with E-state index in [4.69, 9.17) is 0 Å². The molecule has 0 aliphatic rings. The summed E-state index contributed by atoms with van der Waals surface area (Å²) in [7, 11) is 0. The maximum Gasteiger partial charge on any atom is 0.163 e. The molecule has 1 aromatic carbocycles. The fourth-order valence-electron chi connectivity index (χ4n) is 1.20. The lowest BCUT2D eigenvalue weighted by Crippen LogP contribution is -2.02. The van der Waals surface area contributed by atoms with Gasteiger partial charge in [0.2, 0.25) is 0 Å². The van der Waals surface area contributed by atoms with Crippen LogP contribution in [0.25, 0.3) is 0 Å². The van der Waals surface area contributed by atoms with Crippen molar-refractivity contribution < 1.29 is 9.59 Å². The highest BCUT2D eigenvalue weighted by molar-refractivity contribution is 9.10. The SMILES string of the molecule is CC(=O)CCC(=O)c1ccc(C)c(Br)c1. The minimum Gasteiger partial charge on any atom is -0.300 e. The molecule has 0 heterocycles. The highest BCUT2D eigenvalue weighted by atomic mass is 79.9. The van der Waals surface area contributed by atoms with E-state index in [2.05, 4.69) is 15.9 Å². The van der Waals surface area contributed by atoms with E-state index in [0.29, 0.717) is 18.4 Å². The Balaban J connectivity index is 2.74. The molecule has 1 rings (SSSR count). The molecule has 80 valence electrons. The van der Waals surface area contributed by atoms with Crippen LogP contribution >= 0.6 is 15.9 Å². The average molecular weight is 269 g/mol. The first-order valence-electron chi connectivity index (χ1n) is 4.79. The van der Waals surface area contributed by atoms with E-state index in [1.807, 2.05) is 13.0 Å². The quantitative estimate of drug-likeness (QED) is 0.786. The number of carbonyl (C=O) groups excluding carboxylic acids is 2. The fraction of sp³-hybridized carbons (Fsp3) is 0.333. The van der Waals surface area contributed by atoms with E-state index >= 15 is 0 Å². The number of Topliss-reactive ketones (excluding diaryl/α,β-unsaturated/α-hetero) is 2. The van der Waals surface area contributed by atoms with Crippen LogP contribution in [0.1, 0.15) is 35.7 Å². The second-order valence-corrected chi connectivity index (χ2v) is 4.44. The van der Waals surface area contributed by atoms with Crippen molar-refractivity contribution in [2.24, 2.45) is 0 Å². The molecule has 0 spiro atoms. The third kappa shape index (κ3) is 3.59. The topological polar surface area (TPSA) is 34.1 Å². The van der Waals surface area contributed by atoms with Crippen LogP contribution in [0.15, 0.2) is 22.7 Å². The van der Waals surface area contributed by atoms with Gasteiger partial charge in [0, 0.05) is 22.9 Å². The molecule has 0 atom stereocenters.